The average molecular weight is 379 g/mol. The van der Waals surface area contributed by atoms with E-state index in [-0.39, 0.29) is 16.0 Å². The smallest absolute Gasteiger partial charge is 0.266 e. The summed E-state index contributed by atoms with van der Waals surface area (Å²) in [6, 6.07) is 3.30. The number of hydrogen-bond acceptors (Lipinski definition) is 9. The van der Waals surface area contributed by atoms with Gasteiger partial charge in [0.05, 0.1) is 16.9 Å². The predicted octanol–water partition coefficient (Wildman–Crippen LogP) is -1.12. The van der Waals surface area contributed by atoms with Crippen molar-refractivity contribution in [2.45, 2.75) is 12.5 Å². The first-order valence-corrected chi connectivity index (χ1v) is 8.16. The van der Waals surface area contributed by atoms with E-state index in [9.17, 15) is 24.6 Å². The molecule has 1 amide bonds. The molecule has 1 fully saturated rings. The normalized spacial score (nSPS) is 18.7. The van der Waals surface area contributed by atoms with Crippen molar-refractivity contribution in [2.75, 3.05) is 6.79 Å². The molecule has 1 aromatic carbocycles. The van der Waals surface area contributed by atoms with Gasteiger partial charge < -0.3 is 29.3 Å². The zero-order valence-electron chi connectivity index (χ0n) is 12.4. The monoisotopic (exact) mass is 379 g/mol. The molecule has 2 aliphatic heterocycles. The van der Waals surface area contributed by atoms with Crippen molar-refractivity contribution < 1.29 is 34.1 Å². The fraction of sp³-hybridized carbons (Fsp3) is 0.200. The van der Waals surface area contributed by atoms with E-state index in [1.54, 1.807) is 18.2 Å². The van der Waals surface area contributed by atoms with E-state index < -0.39 is 30.3 Å². The molecule has 0 saturated carbocycles. The highest BCUT2D eigenvalue weighted by Crippen LogP contribution is 2.37. The SMILES string of the molecule is O=C([O-])C[C@@H](C(=O)[O-])N1C(=O)/C(=C/c2ccc3c(c2)OCO3)SC1=S. The van der Waals surface area contributed by atoms with E-state index in [0.717, 1.165) is 16.7 Å². The summed E-state index contributed by atoms with van der Waals surface area (Å²) >= 11 is 5.89. The molecule has 0 unspecified atom stereocenters. The number of thioether (sulfide) groups is 1. The lowest BCUT2D eigenvalue weighted by atomic mass is 10.1. The third-order valence-corrected chi connectivity index (χ3v) is 4.79. The molecule has 2 aliphatic rings. The molecular weight excluding hydrogens is 370 g/mol. The van der Waals surface area contributed by atoms with Crippen LogP contribution in [0.1, 0.15) is 12.0 Å². The quantitative estimate of drug-likeness (QED) is 0.462. The highest BCUT2D eigenvalue weighted by Gasteiger charge is 2.37. The molecule has 0 aliphatic carbocycles. The Morgan fingerprint density at radius 2 is 2.04 bits per heavy atom. The average Bonchev–Trinajstić information content (AvgIpc) is 3.10. The number of amides is 1. The van der Waals surface area contributed by atoms with Gasteiger partial charge in [0.25, 0.3) is 5.91 Å². The number of carboxylic acid groups (broad SMARTS) is 2. The Balaban J connectivity index is 1.87. The Bertz CT molecular complexity index is 820. The number of carbonyl (C=O) groups is 3. The molecule has 0 aromatic heterocycles. The molecule has 0 spiro atoms. The van der Waals surface area contributed by atoms with Gasteiger partial charge in [0, 0.05) is 12.4 Å². The largest absolute Gasteiger partial charge is 0.550 e. The van der Waals surface area contributed by atoms with Crippen LogP contribution in [-0.2, 0) is 14.4 Å². The van der Waals surface area contributed by atoms with Crippen molar-refractivity contribution in [1.82, 2.24) is 4.90 Å². The molecule has 1 atom stereocenters. The van der Waals surface area contributed by atoms with Gasteiger partial charge in [-0.05, 0) is 23.8 Å². The number of rotatable bonds is 5. The maximum Gasteiger partial charge on any atom is 0.266 e. The lowest BCUT2D eigenvalue weighted by Crippen LogP contribution is -2.52. The Kier molecular flexibility index (Phi) is 4.64. The standard InChI is InChI=1S/C15H11NO7S2/c17-12(18)5-8(14(20)21)16-13(19)11(25-15(16)24)4-7-1-2-9-10(3-7)23-6-22-9/h1-4,8H,5-6H2,(H,17,18)(H,20,21)/p-2/b11-4-/t8-/m0/s1. The number of thiocarbonyl (C=S) groups is 1. The first-order chi connectivity index (χ1) is 11.9. The van der Waals surface area contributed by atoms with Crippen LogP contribution < -0.4 is 19.7 Å². The van der Waals surface area contributed by atoms with Crippen molar-refractivity contribution in [2.24, 2.45) is 0 Å². The molecule has 0 bridgehead atoms. The minimum atomic E-state index is -1.72. The zero-order valence-corrected chi connectivity index (χ0v) is 14.1. The molecule has 1 aromatic rings. The van der Waals surface area contributed by atoms with Gasteiger partial charge in [-0.2, -0.15) is 0 Å². The highest BCUT2D eigenvalue weighted by atomic mass is 32.2. The summed E-state index contributed by atoms with van der Waals surface area (Å²) in [7, 11) is 0. The lowest BCUT2D eigenvalue weighted by molar-refractivity contribution is -0.319. The number of carboxylic acids is 2. The van der Waals surface area contributed by atoms with Crippen molar-refractivity contribution in [3.63, 3.8) is 0 Å². The second-order valence-electron chi connectivity index (χ2n) is 5.08. The lowest BCUT2D eigenvalue weighted by Gasteiger charge is -2.27. The van der Waals surface area contributed by atoms with Gasteiger partial charge in [-0.3, -0.25) is 9.69 Å². The highest BCUT2D eigenvalue weighted by molar-refractivity contribution is 8.26. The van der Waals surface area contributed by atoms with Crippen molar-refractivity contribution >= 4 is 52.2 Å². The second kappa shape index (κ2) is 6.73. The molecule has 2 heterocycles. The summed E-state index contributed by atoms with van der Waals surface area (Å²) in [6.45, 7) is 0.109. The number of ether oxygens (including phenoxy) is 2. The van der Waals surface area contributed by atoms with E-state index in [1.165, 1.54) is 6.08 Å². The fourth-order valence-electron chi connectivity index (χ4n) is 2.34. The predicted molar refractivity (Wildman–Crippen MR) is 86.0 cm³/mol. The number of benzene rings is 1. The fourth-order valence-corrected chi connectivity index (χ4v) is 3.70. The molecule has 130 valence electrons. The molecule has 1 saturated heterocycles. The zero-order chi connectivity index (χ0) is 18.1. The maximum atomic E-state index is 12.5. The Morgan fingerprint density at radius 3 is 2.72 bits per heavy atom. The molecule has 10 heteroatoms. The van der Waals surface area contributed by atoms with E-state index in [4.69, 9.17) is 21.7 Å². The van der Waals surface area contributed by atoms with Gasteiger partial charge >= 0.3 is 0 Å². The van der Waals surface area contributed by atoms with Gasteiger partial charge in [-0.1, -0.05) is 30.0 Å². The van der Waals surface area contributed by atoms with Crippen LogP contribution in [0.15, 0.2) is 23.1 Å². The first-order valence-electron chi connectivity index (χ1n) is 6.94. The van der Waals surface area contributed by atoms with Crippen LogP contribution in [0.4, 0.5) is 0 Å². The topological polar surface area (TPSA) is 119 Å². The molecule has 0 N–H and O–H groups in total. The number of nitrogens with zero attached hydrogens (tertiary/aromatic N) is 1. The molecule has 8 nitrogen and oxygen atoms in total. The summed E-state index contributed by atoms with van der Waals surface area (Å²) in [6.07, 6.45) is 0.596. The summed E-state index contributed by atoms with van der Waals surface area (Å²) in [5, 5.41) is 21.9. The second-order valence-corrected chi connectivity index (χ2v) is 6.75. The van der Waals surface area contributed by atoms with Crippen molar-refractivity contribution in [3.05, 3.63) is 28.7 Å². The van der Waals surface area contributed by atoms with Gasteiger partial charge in [-0.25, -0.2) is 0 Å². The third-order valence-electron chi connectivity index (χ3n) is 3.46. The van der Waals surface area contributed by atoms with Gasteiger partial charge in [0.15, 0.2) is 11.5 Å². The van der Waals surface area contributed by atoms with Crippen LogP contribution in [0.2, 0.25) is 0 Å². The molecular formula is C15H9NO7S2-2. The Hall–Kier alpha value is -2.59. The summed E-state index contributed by atoms with van der Waals surface area (Å²) in [4.78, 5) is 35.3. The maximum absolute atomic E-state index is 12.5. The van der Waals surface area contributed by atoms with E-state index in [0.29, 0.717) is 17.1 Å². The number of carbonyl (C=O) groups excluding carboxylic acids is 3. The van der Waals surface area contributed by atoms with Gasteiger partial charge in [0.1, 0.15) is 4.32 Å². The van der Waals surface area contributed by atoms with Crippen LogP contribution in [0.3, 0.4) is 0 Å². The van der Waals surface area contributed by atoms with Crippen LogP contribution in [0.5, 0.6) is 11.5 Å². The van der Waals surface area contributed by atoms with Gasteiger partial charge in [-0.15, -0.1) is 0 Å². The Morgan fingerprint density at radius 1 is 1.32 bits per heavy atom. The summed E-state index contributed by atoms with van der Waals surface area (Å²) in [5.41, 5.74) is 0.620. The van der Waals surface area contributed by atoms with Crippen LogP contribution in [0.25, 0.3) is 6.08 Å². The van der Waals surface area contributed by atoms with Gasteiger partial charge in [0.2, 0.25) is 6.79 Å². The molecule has 0 radical (unpaired) electrons. The third kappa shape index (κ3) is 3.44. The number of fused-ring (bicyclic) bond motifs is 1. The molecule has 25 heavy (non-hydrogen) atoms. The van der Waals surface area contributed by atoms with E-state index >= 15 is 0 Å². The Labute approximate surface area is 151 Å². The summed E-state index contributed by atoms with van der Waals surface area (Å²) < 4.78 is 10.4. The summed E-state index contributed by atoms with van der Waals surface area (Å²) in [5.74, 6) is -2.94. The van der Waals surface area contributed by atoms with Crippen molar-refractivity contribution in [3.8, 4) is 11.5 Å². The number of aliphatic carboxylic acids is 2. The van der Waals surface area contributed by atoms with E-state index in [2.05, 4.69) is 0 Å². The minimum absolute atomic E-state index is 0.0626. The van der Waals surface area contributed by atoms with Crippen molar-refractivity contribution in [1.29, 1.82) is 0 Å². The number of hydrogen-bond donors (Lipinski definition) is 0. The first kappa shape index (κ1) is 17.2. The molecule has 3 rings (SSSR count). The minimum Gasteiger partial charge on any atom is -0.550 e. The van der Waals surface area contributed by atoms with Crippen LogP contribution in [0, 0.1) is 0 Å². The van der Waals surface area contributed by atoms with Crippen LogP contribution >= 0.6 is 24.0 Å². The van der Waals surface area contributed by atoms with Crippen LogP contribution in [-0.4, -0.2) is 39.9 Å². The van der Waals surface area contributed by atoms with E-state index in [1.807, 2.05) is 0 Å².